The van der Waals surface area contributed by atoms with Gasteiger partial charge in [0.15, 0.2) is 6.23 Å². The van der Waals surface area contributed by atoms with Crippen LogP contribution in [0, 0.1) is 0 Å². The van der Waals surface area contributed by atoms with E-state index >= 15 is 0 Å². The zero-order chi connectivity index (χ0) is 11.3. The molecule has 6 heteroatoms. The van der Waals surface area contributed by atoms with Gasteiger partial charge in [-0.15, -0.1) is 0 Å². The predicted octanol–water partition coefficient (Wildman–Crippen LogP) is 1.64. The quantitative estimate of drug-likeness (QED) is 0.786. The summed E-state index contributed by atoms with van der Waals surface area (Å²) in [6, 6.07) is 0. The Labute approximate surface area is 85.8 Å². The van der Waals surface area contributed by atoms with Gasteiger partial charge in [0.25, 0.3) is 0 Å². The number of hydrogen-bond acceptors (Lipinski definition) is 3. The second-order valence-electron chi connectivity index (χ2n) is 3.19. The number of nitrogens with two attached hydrogens (primary N) is 1. The third kappa shape index (κ3) is 4.94. The fourth-order valence-electron chi connectivity index (χ4n) is 1.10. The van der Waals surface area contributed by atoms with Gasteiger partial charge in [-0.3, -0.25) is 4.99 Å². The summed E-state index contributed by atoms with van der Waals surface area (Å²) in [5, 5.41) is 0. The molecule has 86 valence electrons. The minimum Gasteiger partial charge on any atom is -0.356 e. The third-order valence-corrected chi connectivity index (χ3v) is 1.92. The molecule has 2 N–H and O–H groups in total. The van der Waals surface area contributed by atoms with E-state index in [0.717, 1.165) is 5.57 Å². The number of alkyl halides is 3. The number of ether oxygens (including phenoxy) is 1. The lowest BCUT2D eigenvalue weighted by Gasteiger charge is -2.16. The van der Waals surface area contributed by atoms with Gasteiger partial charge in [0.05, 0.1) is 13.0 Å². The van der Waals surface area contributed by atoms with Crippen LogP contribution in [0.15, 0.2) is 16.6 Å². The van der Waals surface area contributed by atoms with Crippen molar-refractivity contribution in [1.82, 2.24) is 0 Å². The number of rotatable bonds is 4. The van der Waals surface area contributed by atoms with Crippen LogP contribution in [-0.2, 0) is 4.74 Å². The summed E-state index contributed by atoms with van der Waals surface area (Å²) in [4.78, 5) is 3.94. The van der Waals surface area contributed by atoms with Crippen LogP contribution in [0.25, 0.3) is 0 Å². The van der Waals surface area contributed by atoms with E-state index in [1.54, 1.807) is 6.21 Å². The molecule has 0 saturated heterocycles. The number of halogens is 3. The molecule has 1 aliphatic rings. The topological polar surface area (TPSA) is 47.6 Å². The number of hydrogen-bond donors (Lipinski definition) is 1. The fourth-order valence-corrected chi connectivity index (χ4v) is 1.10. The SMILES string of the molecule is NCC1=CCC(OCCC(F)(F)F)N=C1. The maximum atomic E-state index is 11.8. The summed E-state index contributed by atoms with van der Waals surface area (Å²) in [5.41, 5.74) is 6.24. The highest BCUT2D eigenvalue weighted by molar-refractivity contribution is 5.79. The summed E-state index contributed by atoms with van der Waals surface area (Å²) in [5.74, 6) is 0. The van der Waals surface area contributed by atoms with E-state index in [9.17, 15) is 13.2 Å². The van der Waals surface area contributed by atoms with E-state index < -0.39 is 18.8 Å². The normalized spacial score (nSPS) is 21.6. The Morgan fingerprint density at radius 1 is 1.53 bits per heavy atom. The van der Waals surface area contributed by atoms with Gasteiger partial charge in [-0.05, 0) is 5.57 Å². The lowest BCUT2D eigenvalue weighted by Crippen LogP contribution is -2.19. The smallest absolute Gasteiger partial charge is 0.356 e. The number of aliphatic imine (C=N–C) groups is 1. The zero-order valence-corrected chi connectivity index (χ0v) is 8.13. The van der Waals surface area contributed by atoms with Gasteiger partial charge in [0.2, 0.25) is 0 Å². The van der Waals surface area contributed by atoms with Gasteiger partial charge in [0, 0.05) is 19.2 Å². The van der Waals surface area contributed by atoms with Gasteiger partial charge in [-0.1, -0.05) is 6.08 Å². The van der Waals surface area contributed by atoms with Gasteiger partial charge in [-0.25, -0.2) is 0 Å². The van der Waals surface area contributed by atoms with Crippen molar-refractivity contribution in [3.8, 4) is 0 Å². The maximum absolute atomic E-state index is 11.8. The van der Waals surface area contributed by atoms with E-state index in [1.807, 2.05) is 6.08 Å². The first kappa shape index (κ1) is 12.2. The maximum Gasteiger partial charge on any atom is 0.391 e. The monoisotopic (exact) mass is 222 g/mol. The van der Waals surface area contributed by atoms with Crippen molar-refractivity contribution in [2.75, 3.05) is 13.2 Å². The Morgan fingerprint density at radius 2 is 2.27 bits per heavy atom. The summed E-state index contributed by atoms with van der Waals surface area (Å²) >= 11 is 0. The Morgan fingerprint density at radius 3 is 2.73 bits per heavy atom. The first-order valence-electron chi connectivity index (χ1n) is 4.62. The molecule has 3 nitrogen and oxygen atoms in total. The largest absolute Gasteiger partial charge is 0.391 e. The highest BCUT2D eigenvalue weighted by Crippen LogP contribution is 2.20. The molecule has 0 fully saturated rings. The minimum absolute atomic E-state index is 0.350. The van der Waals surface area contributed by atoms with E-state index in [1.165, 1.54) is 0 Å². The first-order valence-corrected chi connectivity index (χ1v) is 4.62. The Bertz CT molecular complexity index is 261. The van der Waals surface area contributed by atoms with E-state index in [-0.39, 0.29) is 6.61 Å². The van der Waals surface area contributed by atoms with Gasteiger partial charge in [0.1, 0.15) is 0 Å². The lowest BCUT2D eigenvalue weighted by atomic mass is 10.2. The first-order chi connectivity index (χ1) is 7.01. The molecule has 1 unspecified atom stereocenters. The lowest BCUT2D eigenvalue weighted by molar-refractivity contribution is -0.148. The van der Waals surface area contributed by atoms with Crippen molar-refractivity contribution in [2.45, 2.75) is 25.2 Å². The standard InChI is InChI=1S/C9H13F3N2O/c10-9(11,12)3-4-15-8-2-1-7(5-13)6-14-8/h1,6,8H,2-5,13H2. The van der Waals surface area contributed by atoms with Gasteiger partial charge >= 0.3 is 6.18 Å². The molecule has 0 aromatic carbocycles. The van der Waals surface area contributed by atoms with Crippen LogP contribution in [-0.4, -0.2) is 31.8 Å². The van der Waals surface area contributed by atoms with Crippen molar-refractivity contribution in [2.24, 2.45) is 10.7 Å². The second kappa shape index (κ2) is 5.27. The van der Waals surface area contributed by atoms with Gasteiger partial charge in [-0.2, -0.15) is 13.2 Å². The van der Waals surface area contributed by atoms with Crippen molar-refractivity contribution in [3.05, 3.63) is 11.6 Å². The van der Waals surface area contributed by atoms with Crippen molar-refractivity contribution in [1.29, 1.82) is 0 Å². The highest BCUT2D eigenvalue weighted by atomic mass is 19.4. The minimum atomic E-state index is -4.17. The Balaban J connectivity index is 2.21. The number of dihydropyridines is 1. The Kier molecular flexibility index (Phi) is 4.28. The van der Waals surface area contributed by atoms with Crippen molar-refractivity contribution in [3.63, 3.8) is 0 Å². The third-order valence-electron chi connectivity index (χ3n) is 1.92. The fraction of sp³-hybridized carbons (Fsp3) is 0.667. The molecule has 0 saturated carbocycles. The van der Waals surface area contributed by atoms with E-state index in [4.69, 9.17) is 10.5 Å². The molecule has 1 heterocycles. The molecule has 1 rings (SSSR count). The molecule has 1 aliphatic heterocycles. The molecule has 0 aliphatic carbocycles. The highest BCUT2D eigenvalue weighted by Gasteiger charge is 2.27. The Hall–Kier alpha value is -0.880. The van der Waals surface area contributed by atoms with Gasteiger partial charge < -0.3 is 10.5 Å². The predicted molar refractivity (Wildman–Crippen MR) is 50.7 cm³/mol. The van der Waals surface area contributed by atoms with Crippen LogP contribution < -0.4 is 5.73 Å². The zero-order valence-electron chi connectivity index (χ0n) is 8.13. The van der Waals surface area contributed by atoms with Crippen molar-refractivity contribution < 1.29 is 17.9 Å². The van der Waals surface area contributed by atoms with Crippen LogP contribution >= 0.6 is 0 Å². The average Bonchev–Trinajstić information content (AvgIpc) is 2.17. The van der Waals surface area contributed by atoms with Crippen molar-refractivity contribution >= 4 is 6.21 Å². The average molecular weight is 222 g/mol. The van der Waals surface area contributed by atoms with Crippen LogP contribution in [0.5, 0.6) is 0 Å². The van der Waals surface area contributed by atoms with E-state index in [0.29, 0.717) is 13.0 Å². The molecule has 15 heavy (non-hydrogen) atoms. The molecule has 0 radical (unpaired) electrons. The van der Waals surface area contributed by atoms with Crippen LogP contribution in [0.4, 0.5) is 13.2 Å². The molecular formula is C9H13F3N2O. The summed E-state index contributed by atoms with van der Waals surface area (Å²) in [6.45, 7) is 0.0378. The molecule has 0 spiro atoms. The molecular weight excluding hydrogens is 209 g/mol. The molecule has 0 amide bonds. The molecule has 0 aromatic rings. The van der Waals surface area contributed by atoms with Crippen LogP contribution in [0.1, 0.15) is 12.8 Å². The molecule has 0 aromatic heterocycles. The molecule has 1 atom stereocenters. The molecule has 0 bridgehead atoms. The summed E-state index contributed by atoms with van der Waals surface area (Å²) in [6.07, 6.45) is -1.75. The second-order valence-corrected chi connectivity index (χ2v) is 3.19. The van der Waals surface area contributed by atoms with Crippen LogP contribution in [0.3, 0.4) is 0 Å². The van der Waals surface area contributed by atoms with Crippen LogP contribution in [0.2, 0.25) is 0 Å². The number of nitrogens with zero attached hydrogens (tertiary/aromatic N) is 1. The van der Waals surface area contributed by atoms with E-state index in [2.05, 4.69) is 4.99 Å². The summed E-state index contributed by atoms with van der Waals surface area (Å²) in [7, 11) is 0. The summed E-state index contributed by atoms with van der Waals surface area (Å²) < 4.78 is 40.3.